The molecule has 1 N–H and O–H groups in total. The first-order chi connectivity index (χ1) is 6.85. The van der Waals surface area contributed by atoms with Crippen molar-refractivity contribution in [2.24, 2.45) is 0 Å². The lowest BCUT2D eigenvalue weighted by Crippen LogP contribution is -2.41. The smallest absolute Gasteiger partial charge is 0.320 e. The fraction of sp³-hybridized carbons (Fsp3) is 0.875. The molecule has 0 rings (SSSR count). The van der Waals surface area contributed by atoms with Crippen LogP contribution in [0.5, 0.6) is 0 Å². The maximum atomic E-state index is 11.6. The van der Waals surface area contributed by atoms with E-state index >= 15 is 0 Å². The highest BCUT2D eigenvalue weighted by Crippen LogP contribution is 2.12. The molecule has 0 radical (unpaired) electrons. The summed E-state index contributed by atoms with van der Waals surface area (Å²) in [5, 5.41) is 8.47. The van der Waals surface area contributed by atoms with Gasteiger partial charge in [0.25, 0.3) is 0 Å². The number of nitrogens with zero attached hydrogens (tertiary/aromatic N) is 1. The zero-order valence-corrected chi connectivity index (χ0v) is 10.8. The summed E-state index contributed by atoms with van der Waals surface area (Å²) >= 11 is 1.54. The van der Waals surface area contributed by atoms with Crippen molar-refractivity contribution in [1.82, 2.24) is 4.31 Å². The van der Waals surface area contributed by atoms with Crippen molar-refractivity contribution in [3.63, 3.8) is 0 Å². The van der Waals surface area contributed by atoms with E-state index in [1.54, 1.807) is 11.8 Å². The molecule has 0 spiro atoms. The van der Waals surface area contributed by atoms with Gasteiger partial charge < -0.3 is 5.11 Å². The van der Waals surface area contributed by atoms with Crippen LogP contribution in [0.2, 0.25) is 0 Å². The van der Waals surface area contributed by atoms with Gasteiger partial charge in [0.05, 0.1) is 0 Å². The van der Waals surface area contributed by atoms with Gasteiger partial charge >= 0.3 is 5.97 Å². The Balaban J connectivity index is 4.65. The molecule has 15 heavy (non-hydrogen) atoms. The largest absolute Gasteiger partial charge is 0.480 e. The molecule has 0 aromatic rings. The third-order valence-electron chi connectivity index (χ3n) is 2.09. The molecule has 0 aliphatic heterocycles. The molecule has 5 nitrogen and oxygen atoms in total. The van der Waals surface area contributed by atoms with E-state index in [0.717, 1.165) is 4.31 Å². The summed E-state index contributed by atoms with van der Waals surface area (Å²) in [4.78, 5) is 10.4. The molecule has 0 saturated heterocycles. The molecule has 0 aliphatic carbocycles. The molecule has 90 valence electrons. The Morgan fingerprint density at radius 3 is 2.40 bits per heavy atom. The van der Waals surface area contributed by atoms with Gasteiger partial charge in [-0.1, -0.05) is 6.92 Å². The van der Waals surface area contributed by atoms with E-state index in [2.05, 4.69) is 0 Å². The van der Waals surface area contributed by atoms with Gasteiger partial charge in [0.15, 0.2) is 5.75 Å². The number of rotatable bonds is 7. The molecule has 7 heteroatoms. The van der Waals surface area contributed by atoms with Crippen LogP contribution in [0.4, 0.5) is 0 Å². The molecule has 1 unspecified atom stereocenters. The van der Waals surface area contributed by atoms with Crippen LogP contribution in [0, 0.1) is 0 Å². The minimum absolute atomic E-state index is 0.135. The van der Waals surface area contributed by atoms with Gasteiger partial charge in [0.1, 0.15) is 0 Å². The monoisotopic (exact) mass is 255 g/mol. The Morgan fingerprint density at radius 1 is 1.53 bits per heavy atom. The maximum Gasteiger partial charge on any atom is 0.320 e. The number of aliphatic carboxylic acids is 1. The quantitative estimate of drug-likeness (QED) is 0.716. The van der Waals surface area contributed by atoms with Crippen molar-refractivity contribution >= 4 is 27.8 Å². The highest BCUT2D eigenvalue weighted by atomic mass is 32.2. The number of carboxylic acids is 1. The SMILES string of the molecule is CCC(CSC)N(C)S(=O)(=O)CC(=O)O. The summed E-state index contributed by atoms with van der Waals surface area (Å²) in [5.41, 5.74) is 0. The second kappa shape index (κ2) is 6.34. The predicted molar refractivity (Wildman–Crippen MR) is 61.6 cm³/mol. The topological polar surface area (TPSA) is 74.7 Å². The molecule has 0 aromatic heterocycles. The van der Waals surface area contributed by atoms with Crippen LogP contribution in [-0.4, -0.2) is 54.6 Å². The van der Waals surface area contributed by atoms with Crippen molar-refractivity contribution in [2.75, 3.05) is 24.8 Å². The number of carbonyl (C=O) groups is 1. The third-order valence-corrected chi connectivity index (χ3v) is 4.59. The van der Waals surface area contributed by atoms with Crippen molar-refractivity contribution in [3.05, 3.63) is 0 Å². The first kappa shape index (κ1) is 14.7. The van der Waals surface area contributed by atoms with E-state index in [9.17, 15) is 13.2 Å². The first-order valence-corrected chi connectivity index (χ1v) is 7.51. The van der Waals surface area contributed by atoms with E-state index < -0.39 is 21.7 Å². The van der Waals surface area contributed by atoms with Crippen LogP contribution < -0.4 is 0 Å². The number of thioether (sulfide) groups is 1. The van der Waals surface area contributed by atoms with Gasteiger partial charge in [-0.25, -0.2) is 12.7 Å². The second-order valence-corrected chi connectivity index (χ2v) is 6.12. The Hall–Kier alpha value is -0.270. The molecular formula is C8H17NO4S2. The number of hydrogen-bond acceptors (Lipinski definition) is 4. The fourth-order valence-corrected chi connectivity index (χ4v) is 3.29. The summed E-state index contributed by atoms with van der Waals surface area (Å²) in [6.45, 7) is 1.88. The highest BCUT2D eigenvalue weighted by Gasteiger charge is 2.26. The Morgan fingerprint density at radius 2 is 2.07 bits per heavy atom. The summed E-state index contributed by atoms with van der Waals surface area (Å²) in [7, 11) is -2.24. The van der Waals surface area contributed by atoms with Gasteiger partial charge in [-0.05, 0) is 12.7 Å². The van der Waals surface area contributed by atoms with Crippen molar-refractivity contribution in [3.8, 4) is 0 Å². The highest BCUT2D eigenvalue weighted by molar-refractivity contribution is 7.98. The van der Waals surface area contributed by atoms with E-state index in [-0.39, 0.29) is 6.04 Å². The van der Waals surface area contributed by atoms with Crippen LogP contribution >= 0.6 is 11.8 Å². The van der Waals surface area contributed by atoms with Gasteiger partial charge in [0.2, 0.25) is 10.0 Å². The minimum atomic E-state index is -3.67. The predicted octanol–water partition coefficient (Wildman–Crippen LogP) is 0.474. The molecule has 0 fully saturated rings. The van der Waals surface area contributed by atoms with E-state index in [1.165, 1.54) is 7.05 Å². The standard InChI is InChI=1S/C8H17NO4S2/c1-4-7(5-14-3)9(2)15(12,13)6-8(10)11/h7H,4-6H2,1-3H3,(H,10,11). The molecule has 0 bridgehead atoms. The van der Waals surface area contributed by atoms with Gasteiger partial charge in [-0.3, -0.25) is 4.79 Å². The Kier molecular flexibility index (Phi) is 6.23. The van der Waals surface area contributed by atoms with Crippen LogP contribution in [0.1, 0.15) is 13.3 Å². The molecular weight excluding hydrogens is 238 g/mol. The first-order valence-electron chi connectivity index (χ1n) is 4.51. The minimum Gasteiger partial charge on any atom is -0.480 e. The second-order valence-electron chi connectivity index (χ2n) is 3.18. The van der Waals surface area contributed by atoms with E-state index in [0.29, 0.717) is 12.2 Å². The summed E-state index contributed by atoms with van der Waals surface area (Å²) < 4.78 is 24.3. The molecule has 0 saturated carbocycles. The zero-order valence-electron chi connectivity index (χ0n) is 9.13. The normalized spacial score (nSPS) is 14.1. The Labute approximate surface area is 94.9 Å². The lowest BCUT2D eigenvalue weighted by Gasteiger charge is -2.25. The summed E-state index contributed by atoms with van der Waals surface area (Å²) in [5.74, 6) is -1.49. The van der Waals surface area contributed by atoms with Crippen LogP contribution in [0.3, 0.4) is 0 Å². The summed E-state index contributed by atoms with van der Waals surface area (Å²) in [6.07, 6.45) is 2.57. The average molecular weight is 255 g/mol. The van der Waals surface area contributed by atoms with Gasteiger partial charge in [-0.15, -0.1) is 0 Å². The van der Waals surface area contributed by atoms with E-state index in [1.807, 2.05) is 13.2 Å². The van der Waals surface area contributed by atoms with Gasteiger partial charge in [0, 0.05) is 18.8 Å². The fourth-order valence-electron chi connectivity index (χ4n) is 1.16. The number of sulfonamides is 1. The molecule has 0 aliphatic rings. The molecule has 0 aromatic carbocycles. The van der Waals surface area contributed by atoms with Crippen molar-refractivity contribution in [1.29, 1.82) is 0 Å². The van der Waals surface area contributed by atoms with Crippen molar-refractivity contribution < 1.29 is 18.3 Å². The maximum absolute atomic E-state index is 11.6. The molecule has 1 atom stereocenters. The number of carboxylic acid groups (broad SMARTS) is 1. The van der Waals surface area contributed by atoms with Gasteiger partial charge in [-0.2, -0.15) is 11.8 Å². The molecule has 0 amide bonds. The average Bonchev–Trinajstić information content (AvgIpc) is 2.11. The molecule has 0 heterocycles. The van der Waals surface area contributed by atoms with Crippen molar-refractivity contribution in [2.45, 2.75) is 19.4 Å². The van der Waals surface area contributed by atoms with Crippen LogP contribution in [0.25, 0.3) is 0 Å². The number of hydrogen-bond donors (Lipinski definition) is 1. The lowest BCUT2D eigenvalue weighted by molar-refractivity contribution is -0.134. The van der Waals surface area contributed by atoms with E-state index in [4.69, 9.17) is 5.11 Å². The van der Waals surface area contributed by atoms with Crippen LogP contribution in [0.15, 0.2) is 0 Å². The Bertz CT molecular complexity index is 302. The third kappa shape index (κ3) is 4.85. The van der Waals surface area contributed by atoms with Crippen LogP contribution in [-0.2, 0) is 14.8 Å². The zero-order chi connectivity index (χ0) is 12.1. The summed E-state index contributed by atoms with van der Waals surface area (Å²) in [6, 6.07) is -0.135. The lowest BCUT2D eigenvalue weighted by atomic mass is 10.3.